The van der Waals surface area contributed by atoms with Gasteiger partial charge in [0.15, 0.2) is 0 Å². The molecule has 4 N–H and O–H groups in total. The summed E-state index contributed by atoms with van der Waals surface area (Å²) in [4.78, 5) is 0. The van der Waals surface area contributed by atoms with E-state index in [-0.39, 0.29) is 0 Å². The Balaban J connectivity index is 1.63. The van der Waals surface area contributed by atoms with E-state index in [9.17, 15) is 20.4 Å². The fraction of sp³-hybridized carbons (Fsp3) is 0.704. The van der Waals surface area contributed by atoms with Crippen molar-refractivity contribution in [3.63, 3.8) is 0 Å². The zero-order valence-electron chi connectivity index (χ0n) is 20.1. The van der Waals surface area contributed by atoms with E-state index in [2.05, 4.69) is 19.1 Å². The van der Waals surface area contributed by atoms with Crippen LogP contribution in [0.4, 0.5) is 0 Å². The van der Waals surface area contributed by atoms with Gasteiger partial charge in [-0.2, -0.15) is 0 Å². The maximum Gasteiger partial charge on any atom is 0.229 e. The highest BCUT2D eigenvalue weighted by Crippen LogP contribution is 2.25. The second kappa shape index (κ2) is 16.2. The summed E-state index contributed by atoms with van der Waals surface area (Å²) < 4.78 is 11.1. The molecule has 0 unspecified atom stereocenters. The largest absolute Gasteiger partial charge is 0.462 e. The van der Waals surface area contributed by atoms with Gasteiger partial charge < -0.3 is 29.9 Å². The molecule has 0 amide bonds. The fourth-order valence-electron chi connectivity index (χ4n) is 4.13. The standard InChI is InChI=1S/C27H44O6/c1-2-3-4-5-6-7-8-9-10-11-12-13-14-16-21-17-15-18-22(19-21)32-27-26(31)25(30)24(29)23(20-28)33-27/h11-12,15,17-19,23-31H,2-10,13-14,16,20H2,1H3/b12-11-/t23-,24-,25+,26-,27-/m1/s1. The lowest BCUT2D eigenvalue weighted by Gasteiger charge is -2.39. The van der Waals surface area contributed by atoms with Crippen molar-refractivity contribution in [2.24, 2.45) is 0 Å². The van der Waals surface area contributed by atoms with Crippen molar-refractivity contribution >= 4 is 0 Å². The molecule has 0 aliphatic carbocycles. The van der Waals surface area contributed by atoms with E-state index >= 15 is 0 Å². The monoisotopic (exact) mass is 464 g/mol. The first kappa shape index (κ1) is 27.8. The summed E-state index contributed by atoms with van der Waals surface area (Å²) in [6, 6.07) is 7.57. The maximum atomic E-state index is 10.1. The van der Waals surface area contributed by atoms with Gasteiger partial charge >= 0.3 is 0 Å². The lowest BCUT2D eigenvalue weighted by molar-refractivity contribution is -0.277. The van der Waals surface area contributed by atoms with Gasteiger partial charge in [0.05, 0.1) is 6.61 Å². The average molecular weight is 465 g/mol. The quantitative estimate of drug-likeness (QED) is 0.215. The molecule has 0 aromatic heterocycles. The number of unbranched alkanes of at least 4 members (excludes halogenated alkanes) is 9. The Bertz CT molecular complexity index is 662. The van der Waals surface area contributed by atoms with Crippen LogP contribution >= 0.6 is 0 Å². The highest BCUT2D eigenvalue weighted by molar-refractivity contribution is 5.29. The van der Waals surface area contributed by atoms with Crippen LogP contribution in [0.15, 0.2) is 36.4 Å². The smallest absolute Gasteiger partial charge is 0.229 e. The molecule has 2 rings (SSSR count). The molecule has 1 aromatic carbocycles. The summed E-state index contributed by atoms with van der Waals surface area (Å²) in [5, 5.41) is 39.2. The van der Waals surface area contributed by atoms with Gasteiger partial charge in [0.1, 0.15) is 30.2 Å². The van der Waals surface area contributed by atoms with Crippen LogP contribution in [0.5, 0.6) is 5.75 Å². The summed E-state index contributed by atoms with van der Waals surface area (Å²) in [5.74, 6) is 0.516. The van der Waals surface area contributed by atoms with E-state index in [4.69, 9.17) is 9.47 Å². The zero-order valence-corrected chi connectivity index (χ0v) is 20.1. The zero-order chi connectivity index (χ0) is 23.9. The maximum absolute atomic E-state index is 10.1. The fourth-order valence-corrected chi connectivity index (χ4v) is 4.13. The minimum atomic E-state index is -1.44. The molecule has 1 aliphatic heterocycles. The van der Waals surface area contributed by atoms with Gasteiger partial charge in [-0.05, 0) is 49.8 Å². The van der Waals surface area contributed by atoms with Crippen LogP contribution in [-0.2, 0) is 11.2 Å². The first-order valence-corrected chi connectivity index (χ1v) is 12.8. The molecule has 0 bridgehead atoms. The predicted octanol–water partition coefficient (Wildman–Crippen LogP) is 4.28. The van der Waals surface area contributed by atoms with Gasteiger partial charge in [-0.15, -0.1) is 0 Å². The number of aliphatic hydroxyl groups is 4. The second-order valence-corrected chi connectivity index (χ2v) is 9.09. The lowest BCUT2D eigenvalue weighted by atomic mass is 9.99. The number of hydrogen-bond donors (Lipinski definition) is 4. The Morgan fingerprint density at radius 3 is 2.21 bits per heavy atom. The first-order valence-electron chi connectivity index (χ1n) is 12.8. The van der Waals surface area contributed by atoms with Crippen LogP contribution in [0.25, 0.3) is 0 Å². The molecular formula is C27H44O6. The summed E-state index contributed by atoms with van der Waals surface area (Å²) in [6.45, 7) is 1.78. The van der Waals surface area contributed by atoms with Gasteiger partial charge in [-0.1, -0.05) is 76.2 Å². The Morgan fingerprint density at radius 2 is 1.52 bits per heavy atom. The van der Waals surface area contributed by atoms with E-state index < -0.39 is 37.3 Å². The second-order valence-electron chi connectivity index (χ2n) is 9.09. The van der Waals surface area contributed by atoms with Crippen LogP contribution in [0.2, 0.25) is 0 Å². The summed E-state index contributed by atoms with van der Waals surface area (Å²) in [5.41, 5.74) is 1.12. The first-order chi connectivity index (χ1) is 16.1. The molecule has 0 saturated carbocycles. The van der Waals surface area contributed by atoms with E-state index in [1.807, 2.05) is 18.2 Å². The third-order valence-electron chi connectivity index (χ3n) is 6.23. The third-order valence-corrected chi connectivity index (χ3v) is 6.23. The van der Waals surface area contributed by atoms with Crippen molar-refractivity contribution in [1.82, 2.24) is 0 Å². The average Bonchev–Trinajstić information content (AvgIpc) is 2.82. The molecule has 1 aromatic rings. The van der Waals surface area contributed by atoms with Crippen molar-refractivity contribution in [2.45, 2.75) is 115 Å². The molecule has 1 fully saturated rings. The molecule has 1 heterocycles. The molecule has 1 aliphatic rings. The molecule has 6 nitrogen and oxygen atoms in total. The summed E-state index contributed by atoms with van der Waals surface area (Å²) >= 11 is 0. The highest BCUT2D eigenvalue weighted by Gasteiger charge is 2.44. The topological polar surface area (TPSA) is 99.4 Å². The molecular weight excluding hydrogens is 420 g/mol. The lowest BCUT2D eigenvalue weighted by Crippen LogP contribution is -2.60. The molecule has 188 valence electrons. The Kier molecular flexibility index (Phi) is 13.7. The number of benzene rings is 1. The van der Waals surface area contributed by atoms with E-state index in [1.165, 1.54) is 51.4 Å². The molecule has 1 saturated heterocycles. The van der Waals surface area contributed by atoms with E-state index in [0.29, 0.717) is 5.75 Å². The predicted molar refractivity (Wildman–Crippen MR) is 130 cm³/mol. The van der Waals surface area contributed by atoms with Crippen molar-refractivity contribution < 1.29 is 29.9 Å². The van der Waals surface area contributed by atoms with E-state index in [0.717, 1.165) is 31.2 Å². The minimum absolute atomic E-state index is 0.475. The van der Waals surface area contributed by atoms with Gasteiger partial charge in [-0.3, -0.25) is 0 Å². The van der Waals surface area contributed by atoms with Crippen molar-refractivity contribution in [3.8, 4) is 5.75 Å². The Hall–Kier alpha value is -1.44. The van der Waals surface area contributed by atoms with Crippen molar-refractivity contribution in [3.05, 3.63) is 42.0 Å². The van der Waals surface area contributed by atoms with Crippen LogP contribution in [-0.4, -0.2) is 57.7 Å². The van der Waals surface area contributed by atoms with Gasteiger partial charge in [0.25, 0.3) is 0 Å². The van der Waals surface area contributed by atoms with Gasteiger partial charge in [-0.25, -0.2) is 0 Å². The SMILES string of the molecule is CCCCCCCCCC/C=C\CCCc1cccc(O[C@@H]2O[C@H](CO)[C@@H](O)[C@H](O)[C@H]2O)c1. The number of allylic oxidation sites excluding steroid dienone is 2. The minimum Gasteiger partial charge on any atom is -0.462 e. The van der Waals surface area contributed by atoms with Gasteiger partial charge in [0, 0.05) is 0 Å². The van der Waals surface area contributed by atoms with Crippen molar-refractivity contribution in [2.75, 3.05) is 6.61 Å². The molecule has 0 radical (unpaired) electrons. The van der Waals surface area contributed by atoms with Crippen LogP contribution < -0.4 is 4.74 Å². The highest BCUT2D eigenvalue weighted by atomic mass is 16.7. The van der Waals surface area contributed by atoms with Crippen LogP contribution in [0, 0.1) is 0 Å². The van der Waals surface area contributed by atoms with Crippen LogP contribution in [0.3, 0.4) is 0 Å². The third kappa shape index (κ3) is 10.1. The molecule has 0 spiro atoms. The summed E-state index contributed by atoms with van der Waals surface area (Å²) in [6.07, 6.45) is 13.2. The molecule has 6 heteroatoms. The number of aryl methyl sites for hydroxylation is 1. The molecule has 33 heavy (non-hydrogen) atoms. The van der Waals surface area contributed by atoms with Crippen LogP contribution in [0.1, 0.15) is 83.1 Å². The number of aliphatic hydroxyl groups excluding tert-OH is 4. The van der Waals surface area contributed by atoms with Gasteiger partial charge in [0.2, 0.25) is 6.29 Å². The van der Waals surface area contributed by atoms with E-state index in [1.54, 1.807) is 6.07 Å². The Labute approximate surface area is 199 Å². The number of rotatable bonds is 16. The Morgan fingerprint density at radius 1 is 0.848 bits per heavy atom. The number of hydrogen-bond acceptors (Lipinski definition) is 6. The summed E-state index contributed by atoms with van der Waals surface area (Å²) in [7, 11) is 0. The number of ether oxygens (including phenoxy) is 2. The van der Waals surface area contributed by atoms with Crippen molar-refractivity contribution in [1.29, 1.82) is 0 Å². The normalized spacial score (nSPS) is 25.5. The molecule has 5 atom stereocenters.